The molecule has 0 aliphatic carbocycles. The average molecular weight is 334 g/mol. The quantitative estimate of drug-likeness (QED) is 0.319. The van der Waals surface area contributed by atoms with Crippen molar-refractivity contribution >= 4 is 5.97 Å². The Morgan fingerprint density at radius 3 is 2.26 bits per heavy atom. The molecule has 0 aromatic rings. The van der Waals surface area contributed by atoms with Gasteiger partial charge in [0, 0.05) is 19.6 Å². The Kier molecular flexibility index (Phi) is 15.7. The zero-order valence-corrected chi connectivity index (χ0v) is 15.2. The summed E-state index contributed by atoms with van der Waals surface area (Å²) >= 11 is 0. The second-order valence-electron chi connectivity index (χ2n) is 5.75. The number of hydrogen-bond donors (Lipinski definition) is 0. The van der Waals surface area contributed by atoms with E-state index in [1.807, 2.05) is 27.7 Å². The highest BCUT2D eigenvalue weighted by atomic mass is 16.6. The van der Waals surface area contributed by atoms with E-state index in [0.29, 0.717) is 71.6 Å². The fourth-order valence-corrected chi connectivity index (χ4v) is 1.62. The minimum absolute atomic E-state index is 0.0336. The monoisotopic (exact) mass is 334 g/mol. The highest BCUT2D eigenvalue weighted by Crippen LogP contribution is 1.98. The van der Waals surface area contributed by atoms with Crippen LogP contribution in [0.1, 0.15) is 40.5 Å². The lowest BCUT2D eigenvalue weighted by Crippen LogP contribution is -2.20. The van der Waals surface area contributed by atoms with Crippen molar-refractivity contribution < 1.29 is 28.5 Å². The van der Waals surface area contributed by atoms with Gasteiger partial charge in [-0.1, -0.05) is 13.8 Å². The second kappa shape index (κ2) is 16.2. The molecule has 0 N–H and O–H groups in total. The number of esters is 1. The van der Waals surface area contributed by atoms with Crippen molar-refractivity contribution in [2.45, 2.75) is 46.6 Å². The van der Waals surface area contributed by atoms with Gasteiger partial charge in [0.05, 0.1) is 45.7 Å². The van der Waals surface area contributed by atoms with Crippen LogP contribution in [0.5, 0.6) is 0 Å². The smallest absolute Gasteiger partial charge is 0.305 e. The van der Waals surface area contributed by atoms with Crippen molar-refractivity contribution in [1.82, 2.24) is 0 Å². The zero-order valence-electron chi connectivity index (χ0n) is 15.2. The summed E-state index contributed by atoms with van der Waals surface area (Å²) < 4.78 is 26.7. The Bertz CT molecular complexity index is 270. The first-order valence-corrected chi connectivity index (χ1v) is 8.56. The van der Waals surface area contributed by atoms with Crippen LogP contribution in [0, 0.1) is 5.92 Å². The largest absolute Gasteiger partial charge is 0.465 e. The van der Waals surface area contributed by atoms with Crippen molar-refractivity contribution in [3.63, 3.8) is 0 Å². The molecular formula is C17H34O6. The van der Waals surface area contributed by atoms with E-state index in [1.165, 1.54) is 0 Å². The van der Waals surface area contributed by atoms with E-state index in [1.54, 1.807) is 0 Å². The molecule has 23 heavy (non-hydrogen) atoms. The summed E-state index contributed by atoms with van der Waals surface area (Å²) in [5.41, 5.74) is 0. The van der Waals surface area contributed by atoms with Gasteiger partial charge in [-0.05, 0) is 26.2 Å². The maximum absolute atomic E-state index is 11.4. The summed E-state index contributed by atoms with van der Waals surface area (Å²) in [5, 5.41) is 0. The molecule has 0 aromatic carbocycles. The molecule has 0 aliphatic heterocycles. The summed E-state index contributed by atoms with van der Waals surface area (Å²) in [6.07, 6.45) is 1.11. The fraction of sp³-hybridized carbons (Fsp3) is 0.941. The van der Waals surface area contributed by atoms with Gasteiger partial charge in [-0.25, -0.2) is 0 Å². The molecular weight excluding hydrogens is 300 g/mol. The molecule has 0 fully saturated rings. The Morgan fingerprint density at radius 2 is 1.57 bits per heavy atom. The van der Waals surface area contributed by atoms with Crippen LogP contribution in [0.15, 0.2) is 0 Å². The van der Waals surface area contributed by atoms with Crippen LogP contribution in [-0.4, -0.2) is 64.9 Å². The maximum atomic E-state index is 11.4. The molecule has 1 unspecified atom stereocenters. The molecule has 0 saturated carbocycles. The molecule has 0 aliphatic rings. The van der Waals surface area contributed by atoms with Gasteiger partial charge in [0.15, 0.2) is 0 Å². The fourth-order valence-electron chi connectivity index (χ4n) is 1.62. The zero-order chi connectivity index (χ0) is 17.3. The van der Waals surface area contributed by atoms with Crippen molar-refractivity contribution in [3.8, 4) is 0 Å². The summed E-state index contributed by atoms with van der Waals surface area (Å²) in [6, 6.07) is 0. The molecule has 0 radical (unpaired) electrons. The van der Waals surface area contributed by atoms with Crippen LogP contribution >= 0.6 is 0 Å². The number of carbonyl (C=O) groups excluding carboxylic acids is 1. The predicted octanol–water partition coefficient (Wildman–Crippen LogP) is 2.44. The minimum atomic E-state index is -0.156. The molecule has 6 nitrogen and oxygen atoms in total. The van der Waals surface area contributed by atoms with Crippen molar-refractivity contribution in [1.29, 1.82) is 0 Å². The summed E-state index contributed by atoms with van der Waals surface area (Å²) in [4.78, 5) is 11.4. The summed E-state index contributed by atoms with van der Waals surface area (Å²) in [7, 11) is 0. The highest BCUT2D eigenvalue weighted by Gasteiger charge is 2.05. The number of carbonyl (C=O) groups is 1. The van der Waals surface area contributed by atoms with Gasteiger partial charge in [-0.2, -0.15) is 0 Å². The molecule has 1 atom stereocenters. The lowest BCUT2D eigenvalue weighted by Gasteiger charge is -2.13. The molecule has 0 aromatic heterocycles. The van der Waals surface area contributed by atoms with E-state index in [-0.39, 0.29) is 12.1 Å². The second-order valence-corrected chi connectivity index (χ2v) is 5.75. The van der Waals surface area contributed by atoms with Crippen molar-refractivity contribution in [2.24, 2.45) is 5.92 Å². The van der Waals surface area contributed by atoms with E-state index in [0.717, 1.165) is 0 Å². The number of hydrogen-bond acceptors (Lipinski definition) is 6. The lowest BCUT2D eigenvalue weighted by atomic mass is 10.2. The van der Waals surface area contributed by atoms with Crippen LogP contribution in [0.3, 0.4) is 0 Å². The Balaban J connectivity index is 3.27. The van der Waals surface area contributed by atoms with Gasteiger partial charge in [0.25, 0.3) is 0 Å². The van der Waals surface area contributed by atoms with Gasteiger partial charge >= 0.3 is 5.97 Å². The predicted molar refractivity (Wildman–Crippen MR) is 88.6 cm³/mol. The van der Waals surface area contributed by atoms with Gasteiger partial charge < -0.3 is 23.7 Å². The third-order valence-corrected chi connectivity index (χ3v) is 2.81. The Morgan fingerprint density at radius 1 is 0.870 bits per heavy atom. The first-order valence-electron chi connectivity index (χ1n) is 8.56. The summed E-state index contributed by atoms with van der Waals surface area (Å²) in [5.74, 6) is 0.217. The van der Waals surface area contributed by atoms with Gasteiger partial charge in [0.2, 0.25) is 0 Å². The molecule has 0 spiro atoms. The van der Waals surface area contributed by atoms with Gasteiger partial charge in [-0.15, -0.1) is 0 Å². The standard InChI is InChI=1S/C17H34O6/c1-5-19-9-10-21-14-16(4)22-12-11-20-8-6-7-17(18)23-13-15(2)3/h15-16H,5-14H2,1-4H3. The normalized spacial score (nSPS) is 12.6. The van der Waals surface area contributed by atoms with E-state index < -0.39 is 0 Å². The van der Waals surface area contributed by atoms with E-state index in [9.17, 15) is 4.79 Å². The van der Waals surface area contributed by atoms with Crippen LogP contribution in [-0.2, 0) is 28.5 Å². The van der Waals surface area contributed by atoms with Crippen LogP contribution in [0.25, 0.3) is 0 Å². The van der Waals surface area contributed by atoms with Gasteiger partial charge in [-0.3, -0.25) is 4.79 Å². The Labute approximate surface area is 140 Å². The molecule has 138 valence electrons. The topological polar surface area (TPSA) is 63.2 Å². The number of rotatable bonds is 16. The van der Waals surface area contributed by atoms with E-state index in [4.69, 9.17) is 23.7 Å². The molecule has 0 rings (SSSR count). The third kappa shape index (κ3) is 17.5. The van der Waals surface area contributed by atoms with E-state index in [2.05, 4.69) is 0 Å². The molecule has 0 amide bonds. The molecule has 0 saturated heterocycles. The Hall–Kier alpha value is -0.690. The molecule has 0 heterocycles. The van der Waals surface area contributed by atoms with Crippen LogP contribution < -0.4 is 0 Å². The van der Waals surface area contributed by atoms with Crippen molar-refractivity contribution in [2.75, 3.05) is 52.9 Å². The molecule has 0 bridgehead atoms. The maximum Gasteiger partial charge on any atom is 0.305 e. The SMILES string of the molecule is CCOCCOCC(C)OCCOCCCC(=O)OCC(C)C. The minimum Gasteiger partial charge on any atom is -0.465 e. The molecule has 6 heteroatoms. The van der Waals surface area contributed by atoms with E-state index >= 15 is 0 Å². The highest BCUT2D eigenvalue weighted by molar-refractivity contribution is 5.69. The van der Waals surface area contributed by atoms with Crippen molar-refractivity contribution in [3.05, 3.63) is 0 Å². The van der Waals surface area contributed by atoms with Crippen LogP contribution in [0.2, 0.25) is 0 Å². The average Bonchev–Trinajstić information content (AvgIpc) is 2.51. The lowest BCUT2D eigenvalue weighted by molar-refractivity contribution is -0.145. The van der Waals surface area contributed by atoms with Crippen LogP contribution in [0.4, 0.5) is 0 Å². The summed E-state index contributed by atoms with van der Waals surface area (Å²) in [6.45, 7) is 12.5. The third-order valence-electron chi connectivity index (χ3n) is 2.81. The first-order chi connectivity index (χ1) is 11.1. The number of ether oxygens (including phenoxy) is 5. The van der Waals surface area contributed by atoms with Gasteiger partial charge in [0.1, 0.15) is 0 Å². The first kappa shape index (κ1) is 22.3.